The largest absolute Gasteiger partial charge is 0.497 e. The molecule has 22 heavy (non-hydrogen) atoms. The van der Waals surface area contributed by atoms with E-state index in [9.17, 15) is 0 Å². The number of nitrogens with zero attached hydrogens (tertiary/aromatic N) is 1. The Hall–Kier alpha value is -0.980. The average molecular weight is 415 g/mol. The number of halogens is 1. The van der Waals surface area contributed by atoms with E-state index < -0.39 is 0 Å². The maximum atomic E-state index is 5.40. The molecule has 1 fully saturated rings. The van der Waals surface area contributed by atoms with Crippen LogP contribution >= 0.6 is 24.0 Å². The van der Waals surface area contributed by atoms with E-state index in [0.717, 1.165) is 37.8 Å². The number of ether oxygens (including phenoxy) is 1. The number of rotatable bonds is 4. The van der Waals surface area contributed by atoms with Crippen LogP contribution in [0.15, 0.2) is 29.3 Å². The summed E-state index contributed by atoms with van der Waals surface area (Å²) in [5.74, 6) is 1.92. The molecule has 1 saturated carbocycles. The Labute approximate surface area is 150 Å². The maximum Gasteiger partial charge on any atom is 0.191 e. The molecule has 5 heteroatoms. The van der Waals surface area contributed by atoms with Crippen molar-refractivity contribution >= 4 is 29.9 Å². The van der Waals surface area contributed by atoms with Gasteiger partial charge in [-0.15, -0.1) is 24.0 Å². The number of nitrogens with one attached hydrogen (secondary N) is 2. The Morgan fingerprint density at radius 3 is 2.77 bits per heavy atom. The number of aliphatic imine (C=N–C) groups is 1. The molecule has 1 aliphatic heterocycles. The summed E-state index contributed by atoms with van der Waals surface area (Å²) >= 11 is 0. The van der Waals surface area contributed by atoms with Crippen LogP contribution in [0, 0.1) is 0 Å². The predicted octanol–water partition coefficient (Wildman–Crippen LogP) is 3.06. The Morgan fingerprint density at radius 2 is 2.09 bits per heavy atom. The molecule has 1 aromatic rings. The van der Waals surface area contributed by atoms with Crippen LogP contribution in [0.2, 0.25) is 0 Å². The van der Waals surface area contributed by atoms with E-state index in [0.29, 0.717) is 0 Å². The highest BCUT2D eigenvalue weighted by Gasteiger charge is 2.36. The summed E-state index contributed by atoms with van der Waals surface area (Å²) in [5.41, 5.74) is 1.61. The van der Waals surface area contributed by atoms with Crippen LogP contribution in [-0.4, -0.2) is 32.7 Å². The zero-order valence-electron chi connectivity index (χ0n) is 13.2. The fourth-order valence-corrected chi connectivity index (χ4v) is 3.48. The van der Waals surface area contributed by atoms with Crippen LogP contribution in [0.3, 0.4) is 0 Å². The van der Waals surface area contributed by atoms with Crippen molar-refractivity contribution in [2.45, 2.75) is 37.5 Å². The Kier molecular flexibility index (Phi) is 6.35. The van der Waals surface area contributed by atoms with Gasteiger partial charge in [-0.25, -0.2) is 0 Å². The van der Waals surface area contributed by atoms with Gasteiger partial charge in [0.05, 0.1) is 7.11 Å². The summed E-state index contributed by atoms with van der Waals surface area (Å²) in [6.45, 7) is 2.91. The maximum absolute atomic E-state index is 5.40. The first-order chi connectivity index (χ1) is 10.3. The molecule has 4 nitrogen and oxygen atoms in total. The normalized spacial score (nSPS) is 19.6. The summed E-state index contributed by atoms with van der Waals surface area (Å²) in [6.07, 6.45) is 6.21. The summed E-state index contributed by atoms with van der Waals surface area (Å²) in [4.78, 5) is 4.52. The molecule has 0 atom stereocenters. The van der Waals surface area contributed by atoms with Gasteiger partial charge in [-0.1, -0.05) is 25.0 Å². The number of hydrogen-bond acceptors (Lipinski definition) is 4. The van der Waals surface area contributed by atoms with Crippen LogP contribution in [0.4, 0.5) is 0 Å². The lowest BCUT2D eigenvalue weighted by Gasteiger charge is -2.31. The molecule has 1 heterocycles. The number of benzene rings is 1. The van der Waals surface area contributed by atoms with Gasteiger partial charge in [0.1, 0.15) is 5.75 Å². The van der Waals surface area contributed by atoms with Crippen molar-refractivity contribution in [1.82, 2.24) is 10.6 Å². The van der Waals surface area contributed by atoms with Crippen LogP contribution in [-0.2, 0) is 5.41 Å². The quantitative estimate of drug-likeness (QED) is 0.744. The summed E-state index contributed by atoms with van der Waals surface area (Å²) < 4.78 is 5.40. The van der Waals surface area contributed by atoms with Crippen molar-refractivity contribution in [2.24, 2.45) is 4.99 Å². The van der Waals surface area contributed by atoms with E-state index in [1.807, 2.05) is 6.07 Å². The second kappa shape index (κ2) is 8.04. The average Bonchev–Trinajstić information content (AvgIpc) is 3.04. The highest BCUT2D eigenvalue weighted by atomic mass is 127. The molecular weight excluding hydrogens is 389 g/mol. The topological polar surface area (TPSA) is 45.6 Å². The lowest BCUT2D eigenvalue weighted by molar-refractivity contribution is 0.403. The standard InChI is InChI=1S/C17H25N3O.HI/c1-21-15-7-4-6-14(12-15)17(8-2-3-9-17)13-20-16-18-10-5-11-19-16;/h4,6-7,12H,2-3,5,8-11,13H2,1H3,(H2,18,19,20);1H. The number of hydrogen-bond donors (Lipinski definition) is 2. The van der Waals surface area contributed by atoms with Crippen LogP contribution < -0.4 is 15.4 Å². The zero-order chi connectivity index (χ0) is 14.5. The highest BCUT2D eigenvalue weighted by molar-refractivity contribution is 14.0. The molecule has 1 aromatic carbocycles. The first kappa shape index (κ1) is 17.4. The van der Waals surface area contributed by atoms with Crippen molar-refractivity contribution in [3.05, 3.63) is 29.8 Å². The van der Waals surface area contributed by atoms with Crippen molar-refractivity contribution < 1.29 is 4.74 Å². The Morgan fingerprint density at radius 1 is 1.27 bits per heavy atom. The lowest BCUT2D eigenvalue weighted by Crippen LogP contribution is -2.46. The van der Waals surface area contributed by atoms with E-state index >= 15 is 0 Å². The van der Waals surface area contributed by atoms with Gasteiger partial charge < -0.3 is 15.4 Å². The first-order valence-electron chi connectivity index (χ1n) is 7.99. The smallest absolute Gasteiger partial charge is 0.191 e. The molecule has 0 unspecified atom stereocenters. The molecule has 0 amide bonds. The molecule has 2 N–H and O–H groups in total. The third-order valence-electron chi connectivity index (χ3n) is 4.73. The van der Waals surface area contributed by atoms with Crippen molar-refractivity contribution in [2.75, 3.05) is 26.7 Å². The molecule has 1 aliphatic carbocycles. The first-order valence-corrected chi connectivity index (χ1v) is 7.99. The van der Waals surface area contributed by atoms with Gasteiger partial charge >= 0.3 is 0 Å². The second-order valence-electron chi connectivity index (χ2n) is 6.08. The minimum Gasteiger partial charge on any atom is -0.497 e. The number of guanidine groups is 1. The van der Waals surface area contributed by atoms with Crippen LogP contribution in [0.1, 0.15) is 37.7 Å². The molecule has 3 rings (SSSR count). The highest BCUT2D eigenvalue weighted by Crippen LogP contribution is 2.41. The second-order valence-corrected chi connectivity index (χ2v) is 6.08. The molecule has 0 bridgehead atoms. The van der Waals surface area contributed by atoms with Gasteiger partial charge in [0, 0.05) is 25.0 Å². The van der Waals surface area contributed by atoms with Gasteiger partial charge in [0.15, 0.2) is 5.96 Å². The molecule has 2 aliphatic rings. The van der Waals surface area contributed by atoms with Gasteiger partial charge in [0.2, 0.25) is 0 Å². The van der Waals surface area contributed by atoms with E-state index in [-0.39, 0.29) is 29.4 Å². The van der Waals surface area contributed by atoms with Crippen molar-refractivity contribution in [3.63, 3.8) is 0 Å². The van der Waals surface area contributed by atoms with Crippen LogP contribution in [0.25, 0.3) is 0 Å². The molecule has 122 valence electrons. The fraction of sp³-hybridized carbons (Fsp3) is 0.588. The summed E-state index contributed by atoms with van der Waals surface area (Å²) in [6, 6.07) is 8.56. The predicted molar refractivity (Wildman–Crippen MR) is 101 cm³/mol. The van der Waals surface area contributed by atoms with E-state index in [2.05, 4.69) is 33.8 Å². The third kappa shape index (κ3) is 3.86. The monoisotopic (exact) mass is 415 g/mol. The number of methoxy groups -OCH3 is 1. The minimum atomic E-state index is 0. The molecule has 0 aromatic heterocycles. The molecular formula is C17H26IN3O. The minimum absolute atomic E-state index is 0. The summed E-state index contributed by atoms with van der Waals surface area (Å²) in [5, 5.41) is 6.89. The van der Waals surface area contributed by atoms with Gasteiger partial charge in [-0.05, 0) is 37.0 Å². The van der Waals surface area contributed by atoms with E-state index in [1.165, 1.54) is 31.2 Å². The molecule has 0 radical (unpaired) electrons. The van der Waals surface area contributed by atoms with Crippen molar-refractivity contribution in [1.29, 1.82) is 0 Å². The Balaban J connectivity index is 0.00000176. The lowest BCUT2D eigenvalue weighted by atomic mass is 9.78. The van der Waals surface area contributed by atoms with Crippen LogP contribution in [0.5, 0.6) is 5.75 Å². The summed E-state index contributed by atoms with van der Waals surface area (Å²) in [7, 11) is 1.74. The van der Waals surface area contributed by atoms with Gasteiger partial charge in [0.25, 0.3) is 0 Å². The van der Waals surface area contributed by atoms with Crippen molar-refractivity contribution in [3.8, 4) is 5.75 Å². The SMILES string of the molecule is COc1cccc(C2(CNC3=NCCCN3)CCCC2)c1.I. The van der Waals surface area contributed by atoms with E-state index in [1.54, 1.807) is 7.11 Å². The zero-order valence-corrected chi connectivity index (χ0v) is 15.6. The third-order valence-corrected chi connectivity index (χ3v) is 4.73. The molecule has 0 saturated heterocycles. The fourth-order valence-electron chi connectivity index (χ4n) is 3.48. The van der Waals surface area contributed by atoms with Gasteiger partial charge in [-0.3, -0.25) is 4.99 Å². The molecule has 0 spiro atoms. The van der Waals surface area contributed by atoms with Gasteiger partial charge in [-0.2, -0.15) is 0 Å². The van der Waals surface area contributed by atoms with E-state index in [4.69, 9.17) is 4.74 Å². The Bertz CT molecular complexity index is 512.